The number of hydrogen-bond donors (Lipinski definition) is 0. The van der Waals surface area contributed by atoms with Crippen LogP contribution < -0.4 is 0 Å². The topological polar surface area (TPSA) is 71.1 Å². The third-order valence-corrected chi connectivity index (χ3v) is 5.15. The van der Waals surface area contributed by atoms with Crippen molar-refractivity contribution in [2.75, 3.05) is 0 Å². The Morgan fingerprint density at radius 1 is 1.11 bits per heavy atom. The third-order valence-electron chi connectivity index (χ3n) is 5.15. The number of aryl methyl sites for hydroxylation is 1. The summed E-state index contributed by atoms with van der Waals surface area (Å²) in [4.78, 5) is 32.7. The van der Waals surface area contributed by atoms with Crippen molar-refractivity contribution in [3.05, 3.63) is 35.4 Å². The van der Waals surface area contributed by atoms with Crippen LogP contribution in [0.5, 0.6) is 0 Å². The van der Waals surface area contributed by atoms with Gasteiger partial charge in [-0.1, -0.05) is 52.7 Å². The molecule has 0 aromatic heterocycles. The van der Waals surface area contributed by atoms with E-state index in [0.717, 1.165) is 37.7 Å². The molecule has 2 rings (SSSR count). The number of benzene rings is 1. The van der Waals surface area contributed by atoms with Gasteiger partial charge in [0.15, 0.2) is 0 Å². The zero-order chi connectivity index (χ0) is 19.8. The molecular formula is C21H30O6. The lowest BCUT2D eigenvalue weighted by atomic mass is 9.75. The molecule has 1 aromatic carbocycles. The van der Waals surface area contributed by atoms with E-state index < -0.39 is 12.1 Å². The summed E-state index contributed by atoms with van der Waals surface area (Å²) in [5.74, 6) is 0.451. The minimum Gasteiger partial charge on any atom is -0.429 e. The Bertz CT molecular complexity index is 610. The van der Waals surface area contributed by atoms with E-state index in [0.29, 0.717) is 17.4 Å². The first-order chi connectivity index (χ1) is 12.9. The molecule has 27 heavy (non-hydrogen) atoms. The zero-order valence-electron chi connectivity index (χ0n) is 16.6. The van der Waals surface area contributed by atoms with Gasteiger partial charge in [0.1, 0.15) is 6.10 Å². The highest BCUT2D eigenvalue weighted by Crippen LogP contribution is 2.35. The Morgan fingerprint density at radius 2 is 1.81 bits per heavy atom. The van der Waals surface area contributed by atoms with Gasteiger partial charge in [0.25, 0.3) is 0 Å². The van der Waals surface area contributed by atoms with Gasteiger partial charge in [-0.05, 0) is 54.7 Å². The number of carbonyl (C=O) groups excluding carboxylic acids is 2. The number of carbonyl (C=O) groups is 2. The molecule has 0 aliphatic heterocycles. The van der Waals surface area contributed by atoms with Gasteiger partial charge in [0, 0.05) is 0 Å². The molecule has 1 aromatic rings. The molecule has 0 N–H and O–H groups in total. The van der Waals surface area contributed by atoms with Gasteiger partial charge in [-0.3, -0.25) is 4.89 Å². The molecule has 1 saturated carbocycles. The lowest BCUT2D eigenvalue weighted by molar-refractivity contribution is -0.453. The second-order valence-corrected chi connectivity index (χ2v) is 7.70. The lowest BCUT2D eigenvalue weighted by Crippen LogP contribution is -2.36. The van der Waals surface area contributed by atoms with E-state index >= 15 is 0 Å². The van der Waals surface area contributed by atoms with Crippen molar-refractivity contribution >= 4 is 12.1 Å². The summed E-state index contributed by atoms with van der Waals surface area (Å²) in [6.45, 7) is 8.46. The van der Waals surface area contributed by atoms with Gasteiger partial charge < -0.3 is 4.74 Å². The minimum atomic E-state index is -0.995. The molecule has 0 amide bonds. The van der Waals surface area contributed by atoms with Crippen LogP contribution in [0.1, 0.15) is 69.3 Å². The second kappa shape index (κ2) is 10.3. The molecule has 0 saturated heterocycles. The van der Waals surface area contributed by atoms with Gasteiger partial charge in [-0.15, -0.1) is 0 Å². The number of rotatable bonds is 7. The minimum absolute atomic E-state index is 0.216. The maximum Gasteiger partial charge on any atom is 0.543 e. The van der Waals surface area contributed by atoms with Crippen molar-refractivity contribution in [1.82, 2.24) is 0 Å². The number of hydrogen-bond acceptors (Lipinski definition) is 6. The average molecular weight is 378 g/mol. The highest BCUT2D eigenvalue weighted by Gasteiger charge is 2.34. The van der Waals surface area contributed by atoms with Crippen molar-refractivity contribution in [2.24, 2.45) is 17.8 Å². The molecule has 150 valence electrons. The average Bonchev–Trinajstić information content (AvgIpc) is 2.62. The molecule has 3 unspecified atom stereocenters. The van der Waals surface area contributed by atoms with E-state index in [4.69, 9.17) is 4.74 Å². The van der Waals surface area contributed by atoms with Crippen LogP contribution in [-0.4, -0.2) is 18.2 Å². The Morgan fingerprint density at radius 3 is 2.44 bits per heavy atom. The van der Waals surface area contributed by atoms with Crippen LogP contribution in [-0.2, 0) is 26.0 Å². The summed E-state index contributed by atoms with van der Waals surface area (Å²) >= 11 is 0. The molecule has 3 atom stereocenters. The van der Waals surface area contributed by atoms with Crippen molar-refractivity contribution in [2.45, 2.75) is 65.9 Å². The molecule has 1 aliphatic rings. The molecule has 6 heteroatoms. The van der Waals surface area contributed by atoms with Crippen molar-refractivity contribution in [1.29, 1.82) is 0 Å². The quantitative estimate of drug-likeness (QED) is 0.366. The summed E-state index contributed by atoms with van der Waals surface area (Å²) < 4.78 is 5.39. The molecule has 0 heterocycles. The van der Waals surface area contributed by atoms with Gasteiger partial charge in [-0.25, -0.2) is 14.5 Å². The van der Waals surface area contributed by atoms with Crippen LogP contribution in [0.15, 0.2) is 24.3 Å². The van der Waals surface area contributed by atoms with E-state index in [1.807, 2.05) is 12.1 Å². The fraction of sp³-hybridized carbons (Fsp3) is 0.619. The molecule has 0 spiro atoms. The first kappa shape index (κ1) is 21.2. The SMILES string of the molecule is CCCc1ccc(C(=O)OOOC(=O)OC2CC(C)CCC2C(C)C)cc1. The third kappa shape index (κ3) is 6.54. The summed E-state index contributed by atoms with van der Waals surface area (Å²) in [7, 11) is 0. The summed E-state index contributed by atoms with van der Waals surface area (Å²) in [5.41, 5.74) is 1.45. The predicted octanol–water partition coefficient (Wildman–Crippen LogP) is 5.26. The van der Waals surface area contributed by atoms with Crippen LogP contribution in [0.25, 0.3) is 0 Å². The number of ether oxygens (including phenoxy) is 1. The van der Waals surface area contributed by atoms with Crippen molar-refractivity contribution in [3.8, 4) is 0 Å². The Hall–Kier alpha value is -2.08. The van der Waals surface area contributed by atoms with E-state index in [1.54, 1.807) is 12.1 Å². The molecule has 1 aliphatic carbocycles. The van der Waals surface area contributed by atoms with Crippen LogP contribution >= 0.6 is 0 Å². The maximum absolute atomic E-state index is 11.9. The van der Waals surface area contributed by atoms with Crippen LogP contribution in [0.4, 0.5) is 4.79 Å². The molecule has 1 fully saturated rings. The van der Waals surface area contributed by atoms with Crippen LogP contribution in [0, 0.1) is 17.8 Å². The monoisotopic (exact) mass is 378 g/mol. The fourth-order valence-corrected chi connectivity index (χ4v) is 3.61. The predicted molar refractivity (Wildman–Crippen MR) is 99.6 cm³/mol. The maximum atomic E-state index is 11.9. The first-order valence-electron chi connectivity index (χ1n) is 9.75. The highest BCUT2D eigenvalue weighted by molar-refractivity contribution is 5.88. The summed E-state index contributed by atoms with van der Waals surface area (Å²) in [6.07, 6.45) is 3.70. The fourth-order valence-electron chi connectivity index (χ4n) is 3.61. The summed E-state index contributed by atoms with van der Waals surface area (Å²) in [5, 5.41) is 4.33. The Balaban J connectivity index is 1.76. The van der Waals surface area contributed by atoms with Gasteiger partial charge >= 0.3 is 12.1 Å². The van der Waals surface area contributed by atoms with E-state index in [1.165, 1.54) is 0 Å². The normalized spacial score (nSPS) is 22.3. The molecular weight excluding hydrogens is 348 g/mol. The zero-order valence-corrected chi connectivity index (χ0v) is 16.6. The van der Waals surface area contributed by atoms with E-state index in [-0.39, 0.29) is 12.0 Å². The van der Waals surface area contributed by atoms with E-state index in [2.05, 4.69) is 42.5 Å². The largest absolute Gasteiger partial charge is 0.543 e. The molecule has 6 nitrogen and oxygen atoms in total. The summed E-state index contributed by atoms with van der Waals surface area (Å²) in [6, 6.07) is 6.99. The van der Waals surface area contributed by atoms with Gasteiger partial charge in [0.05, 0.1) is 10.6 Å². The molecule has 0 radical (unpaired) electrons. The van der Waals surface area contributed by atoms with Crippen molar-refractivity contribution < 1.29 is 29.1 Å². The van der Waals surface area contributed by atoms with Gasteiger partial charge in [0.2, 0.25) is 0 Å². The highest BCUT2D eigenvalue weighted by atomic mass is 17.5. The second-order valence-electron chi connectivity index (χ2n) is 7.70. The Labute approximate surface area is 161 Å². The first-order valence-corrected chi connectivity index (χ1v) is 9.75. The van der Waals surface area contributed by atoms with Crippen molar-refractivity contribution in [3.63, 3.8) is 0 Å². The van der Waals surface area contributed by atoms with E-state index in [9.17, 15) is 9.59 Å². The van der Waals surface area contributed by atoms with Crippen LogP contribution in [0.3, 0.4) is 0 Å². The lowest BCUT2D eigenvalue weighted by Gasteiger charge is -2.36. The smallest absolute Gasteiger partial charge is 0.429 e. The van der Waals surface area contributed by atoms with Crippen LogP contribution in [0.2, 0.25) is 0 Å². The standard InChI is InChI=1S/C21H30O6/c1-5-6-16-8-10-17(11-9-16)20(22)25-27-26-21(23)24-19-13-15(4)7-12-18(19)14(2)3/h8-11,14-15,18-19H,5-7,12-13H2,1-4H3. The Kier molecular flexibility index (Phi) is 8.10. The van der Waals surface area contributed by atoms with Gasteiger partial charge in [-0.2, -0.15) is 0 Å². The molecule has 0 bridgehead atoms.